The van der Waals surface area contributed by atoms with Crippen LogP contribution in [0, 0.1) is 5.92 Å². The van der Waals surface area contributed by atoms with Gasteiger partial charge in [-0.25, -0.2) is 4.79 Å². The Bertz CT molecular complexity index is 1880. The van der Waals surface area contributed by atoms with Crippen molar-refractivity contribution in [3.63, 3.8) is 0 Å². The zero-order chi connectivity index (χ0) is 36.6. The van der Waals surface area contributed by atoms with Crippen molar-refractivity contribution in [1.29, 1.82) is 0 Å². The minimum absolute atomic E-state index is 0.174. The number of nitrogens with two attached hydrogens (primary N) is 1. The van der Waals surface area contributed by atoms with E-state index in [0.717, 1.165) is 87.5 Å². The lowest BCUT2D eigenvalue weighted by Crippen LogP contribution is -2.71. The molecule has 0 aliphatic carbocycles. The van der Waals surface area contributed by atoms with Crippen molar-refractivity contribution in [2.24, 2.45) is 18.7 Å². The van der Waals surface area contributed by atoms with Gasteiger partial charge in [0.25, 0.3) is 0 Å². The van der Waals surface area contributed by atoms with Gasteiger partial charge in [0.1, 0.15) is 18.2 Å². The predicted octanol–water partition coefficient (Wildman–Crippen LogP) is 1.62. The monoisotopic (exact) mass is 726 g/mol. The Balaban J connectivity index is 0.832. The number of hydrogen-bond acceptors (Lipinski definition) is 10. The Morgan fingerprint density at radius 2 is 1.68 bits per heavy atom. The first-order valence-electron chi connectivity index (χ1n) is 19.6. The van der Waals surface area contributed by atoms with E-state index in [4.69, 9.17) is 5.73 Å². The number of anilines is 2. The van der Waals surface area contributed by atoms with Crippen molar-refractivity contribution in [2.45, 2.75) is 81.7 Å². The van der Waals surface area contributed by atoms with Gasteiger partial charge in [-0.3, -0.25) is 39.1 Å². The van der Waals surface area contributed by atoms with Crippen LogP contribution in [0.3, 0.4) is 0 Å². The van der Waals surface area contributed by atoms with E-state index in [1.165, 1.54) is 24.8 Å². The van der Waals surface area contributed by atoms with Gasteiger partial charge in [-0.1, -0.05) is 18.6 Å². The molecular formula is C39H54N10O4. The number of piperidine rings is 3. The first-order valence-corrected chi connectivity index (χ1v) is 19.6. The third-order valence-corrected chi connectivity index (χ3v) is 12.4. The number of carbonyl (C=O) groups is 3. The van der Waals surface area contributed by atoms with Crippen LogP contribution in [0.25, 0.3) is 11.0 Å². The van der Waals surface area contributed by atoms with Crippen LogP contribution in [-0.4, -0.2) is 107 Å². The van der Waals surface area contributed by atoms with Gasteiger partial charge in [-0.2, -0.15) is 0 Å². The quantitative estimate of drug-likeness (QED) is 0.205. The summed E-state index contributed by atoms with van der Waals surface area (Å²) < 4.78 is 3.15. The van der Waals surface area contributed by atoms with Gasteiger partial charge in [0.05, 0.1) is 17.2 Å². The lowest BCUT2D eigenvalue weighted by molar-refractivity contribution is -0.135. The number of likely N-dealkylation sites (tertiary alicyclic amines) is 2. The molecule has 6 N–H and O–H groups in total. The molecule has 3 aromatic rings. The first kappa shape index (κ1) is 35.8. The molecule has 6 heterocycles. The Hall–Kier alpha value is -4.24. The van der Waals surface area contributed by atoms with Gasteiger partial charge < -0.3 is 26.2 Å². The number of piperazine rings is 1. The highest BCUT2D eigenvalue weighted by molar-refractivity contribution is 6.00. The number of amides is 3. The van der Waals surface area contributed by atoms with Gasteiger partial charge in [0.2, 0.25) is 17.7 Å². The van der Waals surface area contributed by atoms with Crippen molar-refractivity contribution < 1.29 is 14.4 Å². The second kappa shape index (κ2) is 15.2. The van der Waals surface area contributed by atoms with Crippen LogP contribution in [0.1, 0.15) is 68.9 Å². The molecule has 5 fully saturated rings. The number of rotatable bonds is 9. The molecular weight excluding hydrogens is 672 g/mol. The Kier molecular flexibility index (Phi) is 10.3. The van der Waals surface area contributed by atoms with E-state index < -0.39 is 18.0 Å². The number of fused-ring (bicyclic) bond motifs is 1. The average Bonchev–Trinajstić information content (AvgIpc) is 3.74. The number of hydrogen-bond donors (Lipinski definition) is 5. The van der Waals surface area contributed by atoms with Crippen LogP contribution >= 0.6 is 0 Å². The van der Waals surface area contributed by atoms with E-state index in [0.29, 0.717) is 24.8 Å². The minimum Gasteiger partial charge on any atom is -0.371 e. The van der Waals surface area contributed by atoms with E-state index in [-0.39, 0.29) is 36.3 Å². The van der Waals surface area contributed by atoms with Crippen LogP contribution < -0.4 is 37.6 Å². The molecule has 1 aromatic heterocycles. The smallest absolute Gasteiger partial charge is 0.329 e. The molecule has 5 saturated heterocycles. The van der Waals surface area contributed by atoms with Gasteiger partial charge in [0, 0.05) is 51.0 Å². The molecule has 0 saturated carbocycles. The summed E-state index contributed by atoms with van der Waals surface area (Å²) in [6.45, 7) is 8.05. The lowest BCUT2D eigenvalue weighted by atomic mass is 9.89. The summed E-state index contributed by atoms with van der Waals surface area (Å²) in [6, 6.07) is 13.7. The first-order chi connectivity index (χ1) is 25.7. The zero-order valence-electron chi connectivity index (χ0n) is 30.8. The van der Waals surface area contributed by atoms with E-state index in [2.05, 4.69) is 72.4 Å². The largest absolute Gasteiger partial charge is 0.371 e. The summed E-state index contributed by atoms with van der Waals surface area (Å²) in [5, 5.41) is 13.0. The summed E-state index contributed by atoms with van der Waals surface area (Å²) in [5.41, 5.74) is 10.5. The van der Waals surface area contributed by atoms with Crippen LogP contribution in [-0.2, 0) is 21.4 Å². The zero-order valence-corrected chi connectivity index (χ0v) is 30.8. The molecule has 0 bridgehead atoms. The van der Waals surface area contributed by atoms with Crippen molar-refractivity contribution in [3.8, 4) is 0 Å². The summed E-state index contributed by atoms with van der Waals surface area (Å²) in [4.78, 5) is 57.3. The molecule has 0 radical (unpaired) electrons. The lowest BCUT2D eigenvalue weighted by Gasteiger charge is -2.43. The minimum atomic E-state index is -0.678. The summed E-state index contributed by atoms with van der Waals surface area (Å²) in [7, 11) is 1.75. The molecule has 284 valence electrons. The molecule has 5 aliphatic heterocycles. The van der Waals surface area contributed by atoms with Crippen molar-refractivity contribution in [3.05, 3.63) is 58.5 Å². The normalized spacial score (nSPS) is 28.0. The van der Waals surface area contributed by atoms with Gasteiger partial charge in [-0.15, -0.1) is 0 Å². The maximum atomic E-state index is 13.2. The SMILES string of the molecule is Cn1c(=O)n([C@@H]2CCC(=O)NC2=O)c2ccc(N3CC[C@H](CN4CCC(c5ccc(NC6NC(N7CCCCC7)CNC6C(N)=O)cc5)CC4)C3)cc21. The Morgan fingerprint density at radius 1 is 0.906 bits per heavy atom. The molecule has 53 heavy (non-hydrogen) atoms. The van der Waals surface area contributed by atoms with Gasteiger partial charge >= 0.3 is 5.69 Å². The summed E-state index contributed by atoms with van der Waals surface area (Å²) >= 11 is 0. The highest BCUT2D eigenvalue weighted by Gasteiger charge is 2.36. The second-order valence-corrected chi connectivity index (χ2v) is 15.8. The summed E-state index contributed by atoms with van der Waals surface area (Å²) in [6.07, 6.45) is 7.55. The predicted molar refractivity (Wildman–Crippen MR) is 205 cm³/mol. The standard InChI is InChI=1S/C39H54N10O4/c1-45-32-21-29(9-10-30(32)49(39(45)53)31-11-12-34(50)44-38(31)52)48-20-13-25(24-48)23-46-18-14-27(15-19-46)26-5-7-28(8-6-26)42-37-35(36(40)51)41-22-33(43-37)47-16-3-2-4-17-47/h5-10,21,25,27,31,33,35,37,41-43H,2-4,11-20,22-24H2,1H3,(H2,40,51)(H,44,50,52)/t25-,31-,33?,35?,37?/m1/s1. The fraction of sp³-hybridized carbons (Fsp3) is 0.590. The van der Waals surface area contributed by atoms with E-state index in [1.807, 2.05) is 6.07 Å². The maximum Gasteiger partial charge on any atom is 0.329 e. The third kappa shape index (κ3) is 7.46. The van der Waals surface area contributed by atoms with Crippen molar-refractivity contribution in [2.75, 3.05) is 62.6 Å². The third-order valence-electron chi connectivity index (χ3n) is 12.4. The molecule has 14 heteroatoms. The number of nitrogens with one attached hydrogen (secondary N) is 4. The average molecular weight is 727 g/mol. The van der Waals surface area contributed by atoms with Crippen LogP contribution in [0.5, 0.6) is 0 Å². The topological polar surface area (TPSA) is 162 Å². The number of aromatic nitrogens is 2. The highest BCUT2D eigenvalue weighted by atomic mass is 16.2. The van der Waals surface area contributed by atoms with Crippen LogP contribution in [0.4, 0.5) is 11.4 Å². The Morgan fingerprint density at radius 3 is 2.42 bits per heavy atom. The van der Waals surface area contributed by atoms with Crippen molar-refractivity contribution >= 4 is 40.1 Å². The fourth-order valence-corrected chi connectivity index (χ4v) is 9.41. The molecule has 8 rings (SSSR count). The van der Waals surface area contributed by atoms with Crippen molar-refractivity contribution in [1.82, 2.24) is 34.9 Å². The number of benzene rings is 2. The number of carbonyl (C=O) groups excluding carboxylic acids is 3. The molecule has 5 atom stereocenters. The van der Waals surface area contributed by atoms with E-state index in [1.54, 1.807) is 16.2 Å². The molecule has 14 nitrogen and oxygen atoms in total. The molecule has 0 spiro atoms. The molecule has 3 unspecified atom stereocenters. The number of primary amides is 1. The van der Waals surface area contributed by atoms with E-state index in [9.17, 15) is 19.2 Å². The maximum absolute atomic E-state index is 13.2. The molecule has 3 amide bonds. The van der Waals surface area contributed by atoms with E-state index >= 15 is 0 Å². The number of nitrogens with zero attached hydrogens (tertiary/aromatic N) is 5. The number of imidazole rings is 1. The Labute approximate surface area is 310 Å². The fourth-order valence-electron chi connectivity index (χ4n) is 9.41. The van der Waals surface area contributed by atoms with Crippen LogP contribution in [0.15, 0.2) is 47.3 Å². The summed E-state index contributed by atoms with van der Waals surface area (Å²) in [5.74, 6) is 0.0509. The molecule has 5 aliphatic rings. The van der Waals surface area contributed by atoms with Gasteiger partial charge in [-0.05, 0) is 112 Å². The second-order valence-electron chi connectivity index (χ2n) is 15.8. The molecule has 2 aromatic carbocycles. The highest BCUT2D eigenvalue weighted by Crippen LogP contribution is 2.32. The van der Waals surface area contributed by atoms with Crippen LogP contribution in [0.2, 0.25) is 0 Å². The number of imide groups is 1. The number of aryl methyl sites for hydroxylation is 1. The van der Waals surface area contributed by atoms with Gasteiger partial charge in [0.15, 0.2) is 0 Å².